The van der Waals surface area contributed by atoms with E-state index in [4.69, 9.17) is 0 Å². The minimum absolute atomic E-state index is 0.0485. The summed E-state index contributed by atoms with van der Waals surface area (Å²) in [6.07, 6.45) is 4.77. The van der Waals surface area contributed by atoms with Crippen LogP contribution in [0.3, 0.4) is 0 Å². The molecule has 24 heavy (non-hydrogen) atoms. The highest BCUT2D eigenvalue weighted by molar-refractivity contribution is 5.66. The lowest BCUT2D eigenvalue weighted by atomic mass is 9.98. The Kier molecular flexibility index (Phi) is 3.23. The molecule has 3 heterocycles. The molecule has 0 aliphatic carbocycles. The Morgan fingerprint density at radius 2 is 1.96 bits per heavy atom. The zero-order valence-electron chi connectivity index (χ0n) is 13.2. The van der Waals surface area contributed by atoms with Gasteiger partial charge in [0.25, 0.3) is 5.56 Å². The van der Waals surface area contributed by atoms with Gasteiger partial charge in [-0.2, -0.15) is 14.6 Å². The summed E-state index contributed by atoms with van der Waals surface area (Å²) in [6, 6.07) is 7.75. The lowest BCUT2D eigenvalue weighted by Gasteiger charge is -2.13. The molecule has 0 saturated heterocycles. The molecule has 4 aromatic rings. The van der Waals surface area contributed by atoms with E-state index in [1.165, 1.54) is 10.8 Å². The Labute approximate surface area is 136 Å². The number of aromatic nitrogens is 7. The molecule has 4 rings (SSSR count). The number of nitrogens with one attached hydrogen (secondary N) is 1. The van der Waals surface area contributed by atoms with Gasteiger partial charge in [0.05, 0.1) is 23.8 Å². The van der Waals surface area contributed by atoms with E-state index in [1.54, 1.807) is 17.1 Å². The highest BCUT2D eigenvalue weighted by Gasteiger charge is 2.17. The first-order valence-electron chi connectivity index (χ1n) is 7.58. The minimum atomic E-state index is -0.147. The van der Waals surface area contributed by atoms with Crippen LogP contribution in [0, 0.1) is 0 Å². The number of hydrogen-bond donors (Lipinski definition) is 1. The van der Waals surface area contributed by atoms with Crippen molar-refractivity contribution >= 4 is 5.78 Å². The van der Waals surface area contributed by atoms with Crippen LogP contribution in [-0.2, 0) is 0 Å². The normalized spacial score (nSPS) is 11.5. The van der Waals surface area contributed by atoms with Gasteiger partial charge in [0.1, 0.15) is 6.33 Å². The van der Waals surface area contributed by atoms with Gasteiger partial charge < -0.3 is 4.98 Å². The maximum atomic E-state index is 12.7. The number of aromatic amines is 1. The van der Waals surface area contributed by atoms with Gasteiger partial charge >= 0.3 is 0 Å². The van der Waals surface area contributed by atoms with Crippen LogP contribution in [0.25, 0.3) is 22.7 Å². The third-order valence-corrected chi connectivity index (χ3v) is 3.90. The molecule has 0 aliphatic heterocycles. The van der Waals surface area contributed by atoms with Crippen molar-refractivity contribution in [3.8, 4) is 16.9 Å². The third kappa shape index (κ3) is 2.19. The van der Waals surface area contributed by atoms with Gasteiger partial charge in [-0.15, -0.1) is 5.10 Å². The first kappa shape index (κ1) is 14.3. The van der Waals surface area contributed by atoms with Crippen LogP contribution in [0.1, 0.15) is 25.3 Å². The van der Waals surface area contributed by atoms with Crippen molar-refractivity contribution in [3.05, 3.63) is 58.9 Å². The predicted molar refractivity (Wildman–Crippen MR) is 88.0 cm³/mol. The van der Waals surface area contributed by atoms with Gasteiger partial charge in [-0.1, -0.05) is 31.2 Å². The van der Waals surface area contributed by atoms with E-state index in [0.717, 1.165) is 16.9 Å². The number of rotatable bonds is 3. The molecule has 0 amide bonds. The Morgan fingerprint density at radius 3 is 2.62 bits per heavy atom. The maximum absolute atomic E-state index is 12.7. The van der Waals surface area contributed by atoms with Crippen LogP contribution in [0.15, 0.2) is 47.8 Å². The first-order chi connectivity index (χ1) is 11.6. The van der Waals surface area contributed by atoms with E-state index in [2.05, 4.69) is 25.4 Å². The fraction of sp³-hybridized carbons (Fsp3) is 0.188. The Hall–Kier alpha value is -3.29. The minimum Gasteiger partial charge on any atom is -0.323 e. The van der Waals surface area contributed by atoms with Crippen LogP contribution >= 0.6 is 0 Å². The summed E-state index contributed by atoms with van der Waals surface area (Å²) in [4.78, 5) is 20.0. The molecular formula is C16H15N7O. The predicted octanol–water partition coefficient (Wildman–Crippen LogP) is 1.79. The molecule has 0 unspecified atom stereocenters. The summed E-state index contributed by atoms with van der Waals surface area (Å²) < 4.78 is 2.97. The molecule has 0 radical (unpaired) electrons. The molecule has 8 heteroatoms. The molecule has 0 atom stereocenters. The molecule has 1 aromatic carbocycles. The molecular weight excluding hydrogens is 306 g/mol. The zero-order valence-corrected chi connectivity index (χ0v) is 13.2. The molecule has 1 N–H and O–H groups in total. The lowest BCUT2D eigenvalue weighted by Crippen LogP contribution is -2.22. The van der Waals surface area contributed by atoms with Crippen LogP contribution in [0.5, 0.6) is 0 Å². The van der Waals surface area contributed by atoms with Gasteiger partial charge in [-0.05, 0) is 23.6 Å². The zero-order chi connectivity index (χ0) is 16.7. The summed E-state index contributed by atoms with van der Waals surface area (Å²) in [5.41, 5.74) is 3.10. The van der Waals surface area contributed by atoms with Gasteiger partial charge in [0.2, 0.25) is 5.78 Å². The van der Waals surface area contributed by atoms with E-state index in [0.29, 0.717) is 11.3 Å². The Balaban J connectivity index is 1.89. The highest BCUT2D eigenvalue weighted by atomic mass is 16.1. The SMILES string of the molecule is CC(C)c1c(-c2ccc(-n3ccnn3)cc2)[nH]c2ncnn2c1=O. The van der Waals surface area contributed by atoms with Crippen LogP contribution in [-0.4, -0.2) is 34.6 Å². The second-order valence-corrected chi connectivity index (χ2v) is 5.76. The van der Waals surface area contributed by atoms with Crippen molar-refractivity contribution in [2.24, 2.45) is 0 Å². The van der Waals surface area contributed by atoms with E-state index in [1.807, 2.05) is 38.1 Å². The summed E-state index contributed by atoms with van der Waals surface area (Å²) in [5, 5.41) is 11.8. The molecule has 0 bridgehead atoms. The number of nitrogens with zero attached hydrogens (tertiary/aromatic N) is 6. The number of fused-ring (bicyclic) bond motifs is 1. The van der Waals surface area contributed by atoms with Crippen molar-refractivity contribution < 1.29 is 0 Å². The number of H-pyrrole nitrogens is 1. The molecule has 0 aliphatic rings. The van der Waals surface area contributed by atoms with Crippen LogP contribution < -0.4 is 5.56 Å². The second-order valence-electron chi connectivity index (χ2n) is 5.76. The van der Waals surface area contributed by atoms with E-state index >= 15 is 0 Å². The molecule has 0 saturated carbocycles. The number of hydrogen-bond acceptors (Lipinski definition) is 5. The average Bonchev–Trinajstić information content (AvgIpc) is 3.26. The molecule has 8 nitrogen and oxygen atoms in total. The third-order valence-electron chi connectivity index (χ3n) is 3.90. The summed E-state index contributed by atoms with van der Waals surface area (Å²) in [6.45, 7) is 3.97. The van der Waals surface area contributed by atoms with Crippen molar-refractivity contribution in [2.45, 2.75) is 19.8 Å². The van der Waals surface area contributed by atoms with Crippen LogP contribution in [0.4, 0.5) is 0 Å². The number of benzene rings is 1. The fourth-order valence-electron chi connectivity index (χ4n) is 2.77. The second kappa shape index (κ2) is 5.41. The van der Waals surface area contributed by atoms with Crippen LogP contribution in [0.2, 0.25) is 0 Å². The van der Waals surface area contributed by atoms with Crippen molar-refractivity contribution in [3.63, 3.8) is 0 Å². The van der Waals surface area contributed by atoms with E-state index in [-0.39, 0.29) is 11.5 Å². The van der Waals surface area contributed by atoms with Gasteiger partial charge in [0.15, 0.2) is 0 Å². The summed E-state index contributed by atoms with van der Waals surface area (Å²) >= 11 is 0. The fourth-order valence-corrected chi connectivity index (χ4v) is 2.77. The van der Waals surface area contributed by atoms with Gasteiger partial charge in [-0.3, -0.25) is 4.79 Å². The van der Waals surface area contributed by atoms with E-state index < -0.39 is 0 Å². The highest BCUT2D eigenvalue weighted by Crippen LogP contribution is 2.25. The van der Waals surface area contributed by atoms with Gasteiger partial charge in [0, 0.05) is 5.56 Å². The molecule has 0 spiro atoms. The smallest absolute Gasteiger partial charge is 0.279 e. The van der Waals surface area contributed by atoms with Gasteiger partial charge in [-0.25, -0.2) is 4.68 Å². The quantitative estimate of drug-likeness (QED) is 0.621. The Morgan fingerprint density at radius 1 is 1.17 bits per heavy atom. The summed E-state index contributed by atoms with van der Waals surface area (Å²) in [7, 11) is 0. The monoisotopic (exact) mass is 321 g/mol. The van der Waals surface area contributed by atoms with Crippen molar-refractivity contribution in [2.75, 3.05) is 0 Å². The molecule has 120 valence electrons. The lowest BCUT2D eigenvalue weighted by molar-refractivity contribution is 0.796. The standard InChI is InChI=1S/C16H15N7O/c1-10(2)13-14(20-16-17-9-19-23(16)15(13)24)11-3-5-12(6-4-11)22-8-7-18-21-22/h3-10H,1-2H3,(H,17,19,20). The maximum Gasteiger partial charge on any atom is 0.279 e. The first-order valence-corrected chi connectivity index (χ1v) is 7.58. The van der Waals surface area contributed by atoms with Crippen molar-refractivity contribution in [1.82, 2.24) is 34.6 Å². The topological polar surface area (TPSA) is 93.8 Å². The molecule has 3 aromatic heterocycles. The average molecular weight is 321 g/mol. The summed E-state index contributed by atoms with van der Waals surface area (Å²) in [5.74, 6) is 0.479. The van der Waals surface area contributed by atoms with E-state index in [9.17, 15) is 4.79 Å². The molecule has 0 fully saturated rings. The van der Waals surface area contributed by atoms with Crippen molar-refractivity contribution in [1.29, 1.82) is 0 Å². The largest absolute Gasteiger partial charge is 0.323 e. The Bertz CT molecular complexity index is 1040.